The fraction of sp³-hybridized carbons (Fsp3) is 0.333. The van der Waals surface area contributed by atoms with E-state index in [9.17, 15) is 0 Å². The number of nitrogens with zero attached hydrogens (tertiary/aromatic N) is 2. The van der Waals surface area contributed by atoms with Crippen molar-refractivity contribution in [1.82, 2.24) is 10.5 Å². The average Bonchev–Trinajstić information content (AvgIpc) is 2.63. The summed E-state index contributed by atoms with van der Waals surface area (Å²) >= 11 is 0. The summed E-state index contributed by atoms with van der Waals surface area (Å²) in [6.45, 7) is 5.33. The van der Waals surface area contributed by atoms with Crippen molar-refractivity contribution in [2.45, 2.75) is 20.3 Å². The van der Waals surface area contributed by atoms with E-state index in [1.165, 1.54) is 5.70 Å². The predicted octanol–water partition coefficient (Wildman–Crippen LogP) is 2.50. The van der Waals surface area contributed by atoms with Crippen LogP contribution in [0.3, 0.4) is 0 Å². The van der Waals surface area contributed by atoms with E-state index >= 15 is 0 Å². The first-order valence-corrected chi connectivity index (χ1v) is 5.38. The first-order valence-electron chi connectivity index (χ1n) is 5.38. The molecule has 0 atom stereocenters. The maximum Gasteiger partial charge on any atom is 0.0589 e. The molecule has 0 radical (unpaired) electrons. The Labute approximate surface area is 90.9 Å². The van der Waals surface area contributed by atoms with Crippen LogP contribution in [-0.2, 0) is 0 Å². The molecule has 0 aliphatic carbocycles. The number of para-hydroxylation sites is 1. The van der Waals surface area contributed by atoms with E-state index < -0.39 is 0 Å². The molecule has 2 rings (SSSR count). The Morgan fingerprint density at radius 2 is 1.93 bits per heavy atom. The van der Waals surface area contributed by atoms with Gasteiger partial charge in [0.15, 0.2) is 0 Å². The summed E-state index contributed by atoms with van der Waals surface area (Å²) in [6, 6.07) is 10.3. The van der Waals surface area contributed by atoms with Gasteiger partial charge in [-0.1, -0.05) is 25.1 Å². The van der Waals surface area contributed by atoms with Gasteiger partial charge in [0.2, 0.25) is 0 Å². The molecule has 1 N–H and O–H groups in total. The standard InChI is InChI=1S/C12H17N3/c1-3-9-14-11(2)10-15(13-14)12-7-5-4-6-8-12/h4-8,10,13H,3,9H2,1-2H3. The number of benzene rings is 1. The van der Waals surface area contributed by atoms with Gasteiger partial charge in [0.25, 0.3) is 0 Å². The molecule has 0 unspecified atom stereocenters. The Hall–Kier alpha value is -1.48. The molecule has 80 valence electrons. The molecular formula is C12H17N3. The fourth-order valence-corrected chi connectivity index (χ4v) is 1.67. The molecule has 1 aliphatic heterocycles. The van der Waals surface area contributed by atoms with Gasteiger partial charge in [0.05, 0.1) is 5.69 Å². The number of hydrogen-bond acceptors (Lipinski definition) is 3. The van der Waals surface area contributed by atoms with E-state index in [0.717, 1.165) is 18.7 Å². The lowest BCUT2D eigenvalue weighted by molar-refractivity contribution is 0.273. The summed E-state index contributed by atoms with van der Waals surface area (Å²) < 4.78 is 0. The van der Waals surface area contributed by atoms with Gasteiger partial charge in [-0.3, -0.25) is 10.0 Å². The molecule has 0 bridgehead atoms. The van der Waals surface area contributed by atoms with Crippen LogP contribution < -0.4 is 10.5 Å². The smallest absolute Gasteiger partial charge is 0.0589 e. The molecule has 0 saturated heterocycles. The minimum absolute atomic E-state index is 1.03. The molecule has 0 aromatic heterocycles. The molecule has 3 nitrogen and oxygen atoms in total. The van der Waals surface area contributed by atoms with Gasteiger partial charge in [-0.15, -0.1) is 5.53 Å². The highest BCUT2D eigenvalue weighted by Gasteiger charge is 2.16. The van der Waals surface area contributed by atoms with Crippen LogP contribution in [0.15, 0.2) is 42.2 Å². The summed E-state index contributed by atoms with van der Waals surface area (Å²) in [5.74, 6) is 0. The molecule has 1 aromatic carbocycles. The van der Waals surface area contributed by atoms with Crippen molar-refractivity contribution < 1.29 is 0 Å². The monoisotopic (exact) mass is 203 g/mol. The van der Waals surface area contributed by atoms with Gasteiger partial charge in [-0.25, -0.2) is 0 Å². The Morgan fingerprint density at radius 1 is 1.20 bits per heavy atom. The highest BCUT2D eigenvalue weighted by atomic mass is 15.8. The van der Waals surface area contributed by atoms with Gasteiger partial charge < -0.3 is 0 Å². The van der Waals surface area contributed by atoms with Crippen molar-refractivity contribution in [2.24, 2.45) is 0 Å². The van der Waals surface area contributed by atoms with Crippen LogP contribution in [0.25, 0.3) is 0 Å². The van der Waals surface area contributed by atoms with E-state index in [0.29, 0.717) is 0 Å². The van der Waals surface area contributed by atoms with E-state index in [1.807, 2.05) is 23.2 Å². The molecular weight excluding hydrogens is 186 g/mol. The Bertz CT molecular complexity index is 345. The summed E-state index contributed by atoms with van der Waals surface area (Å²) in [4.78, 5) is 0. The highest BCUT2D eigenvalue weighted by Crippen LogP contribution is 2.18. The van der Waals surface area contributed by atoms with Crippen LogP contribution in [-0.4, -0.2) is 11.6 Å². The fourth-order valence-electron chi connectivity index (χ4n) is 1.67. The van der Waals surface area contributed by atoms with Gasteiger partial charge >= 0.3 is 0 Å². The lowest BCUT2D eigenvalue weighted by Crippen LogP contribution is -2.40. The van der Waals surface area contributed by atoms with Crippen LogP contribution in [0, 0.1) is 0 Å². The topological polar surface area (TPSA) is 18.5 Å². The minimum atomic E-state index is 1.03. The molecule has 1 aliphatic rings. The Morgan fingerprint density at radius 3 is 2.60 bits per heavy atom. The van der Waals surface area contributed by atoms with Gasteiger partial charge in [-0.2, -0.15) is 0 Å². The maximum atomic E-state index is 3.33. The van der Waals surface area contributed by atoms with Crippen molar-refractivity contribution >= 4 is 5.69 Å². The lowest BCUT2D eigenvalue weighted by atomic mass is 10.3. The first-order chi connectivity index (χ1) is 7.31. The zero-order chi connectivity index (χ0) is 10.7. The van der Waals surface area contributed by atoms with Crippen molar-refractivity contribution in [1.29, 1.82) is 0 Å². The second-order valence-electron chi connectivity index (χ2n) is 3.73. The predicted molar refractivity (Wildman–Crippen MR) is 62.8 cm³/mol. The summed E-state index contributed by atoms with van der Waals surface area (Å²) in [5, 5.41) is 4.21. The molecule has 0 spiro atoms. The molecule has 3 heteroatoms. The van der Waals surface area contributed by atoms with E-state index in [-0.39, 0.29) is 0 Å². The molecule has 0 fully saturated rings. The SMILES string of the molecule is CCCN1NN(c2ccccc2)C=C1C. The third-order valence-electron chi connectivity index (χ3n) is 2.45. The zero-order valence-corrected chi connectivity index (χ0v) is 9.27. The second kappa shape index (κ2) is 4.36. The van der Waals surface area contributed by atoms with Crippen molar-refractivity contribution in [3.8, 4) is 0 Å². The van der Waals surface area contributed by atoms with Crippen LogP contribution in [0.2, 0.25) is 0 Å². The number of rotatable bonds is 3. The molecule has 1 aromatic rings. The molecule has 0 amide bonds. The number of hydrogen-bond donors (Lipinski definition) is 1. The third-order valence-corrected chi connectivity index (χ3v) is 2.45. The number of allylic oxidation sites excluding steroid dienone is 1. The van der Waals surface area contributed by atoms with Crippen LogP contribution >= 0.6 is 0 Å². The van der Waals surface area contributed by atoms with E-state index in [2.05, 4.69) is 42.7 Å². The quantitative estimate of drug-likeness (QED) is 0.814. The van der Waals surface area contributed by atoms with E-state index in [1.54, 1.807) is 0 Å². The molecule has 1 heterocycles. The largest absolute Gasteiger partial charge is 0.293 e. The van der Waals surface area contributed by atoms with Gasteiger partial charge in [-0.05, 0) is 25.5 Å². The normalized spacial score (nSPS) is 15.7. The Balaban J connectivity index is 2.10. The lowest BCUT2D eigenvalue weighted by Gasteiger charge is -2.23. The number of anilines is 1. The first kappa shape index (κ1) is 10.1. The van der Waals surface area contributed by atoms with Gasteiger partial charge in [0, 0.05) is 18.4 Å². The minimum Gasteiger partial charge on any atom is -0.293 e. The van der Waals surface area contributed by atoms with Crippen molar-refractivity contribution in [3.05, 3.63) is 42.2 Å². The zero-order valence-electron chi connectivity index (χ0n) is 9.27. The van der Waals surface area contributed by atoms with Gasteiger partial charge in [0.1, 0.15) is 0 Å². The maximum absolute atomic E-state index is 3.33. The third kappa shape index (κ3) is 2.13. The second-order valence-corrected chi connectivity index (χ2v) is 3.73. The van der Waals surface area contributed by atoms with Crippen molar-refractivity contribution in [2.75, 3.05) is 11.6 Å². The molecule has 0 saturated carbocycles. The van der Waals surface area contributed by atoms with Crippen LogP contribution in [0.5, 0.6) is 0 Å². The van der Waals surface area contributed by atoms with Crippen LogP contribution in [0.1, 0.15) is 20.3 Å². The summed E-state index contributed by atoms with van der Waals surface area (Å²) in [5.41, 5.74) is 5.75. The highest BCUT2D eigenvalue weighted by molar-refractivity contribution is 5.49. The summed E-state index contributed by atoms with van der Waals surface area (Å²) in [6.07, 6.45) is 3.26. The van der Waals surface area contributed by atoms with Crippen molar-refractivity contribution in [3.63, 3.8) is 0 Å². The number of hydrazine groups is 2. The average molecular weight is 203 g/mol. The molecule has 15 heavy (non-hydrogen) atoms. The summed E-state index contributed by atoms with van der Waals surface area (Å²) in [7, 11) is 0. The number of nitrogens with one attached hydrogen (secondary N) is 1. The Kier molecular flexibility index (Phi) is 2.92. The van der Waals surface area contributed by atoms with Crippen LogP contribution in [0.4, 0.5) is 5.69 Å². The van der Waals surface area contributed by atoms with E-state index in [4.69, 9.17) is 0 Å².